The zero-order valence-electron chi connectivity index (χ0n) is 12.6. The van der Waals surface area contributed by atoms with Crippen molar-refractivity contribution >= 4 is 5.69 Å². The first-order chi connectivity index (χ1) is 10.9. The fraction of sp³-hybridized carbons (Fsp3) is 0.333. The van der Waals surface area contributed by atoms with Crippen LogP contribution in [0.5, 0.6) is 11.5 Å². The van der Waals surface area contributed by atoms with Crippen LogP contribution in [0.4, 0.5) is 5.69 Å². The van der Waals surface area contributed by atoms with Crippen molar-refractivity contribution in [1.29, 1.82) is 0 Å². The number of piperazine rings is 1. The topological polar surface area (TPSA) is 24.9 Å². The molecule has 2 aromatic carbocycles. The van der Waals surface area contributed by atoms with E-state index in [1.165, 1.54) is 11.3 Å². The summed E-state index contributed by atoms with van der Waals surface area (Å²) in [6, 6.07) is 16.9. The van der Waals surface area contributed by atoms with E-state index in [-0.39, 0.29) is 0 Å². The zero-order chi connectivity index (χ0) is 14.8. The maximum atomic E-state index is 5.45. The van der Waals surface area contributed by atoms with E-state index in [1.54, 1.807) is 0 Å². The minimum Gasteiger partial charge on any atom is -0.454 e. The van der Waals surface area contributed by atoms with Gasteiger partial charge in [-0.1, -0.05) is 24.3 Å². The first-order valence-corrected chi connectivity index (χ1v) is 7.79. The van der Waals surface area contributed by atoms with E-state index in [0.717, 1.165) is 44.2 Å². The average molecular weight is 296 g/mol. The highest BCUT2D eigenvalue weighted by Gasteiger charge is 2.19. The van der Waals surface area contributed by atoms with Crippen molar-refractivity contribution in [2.75, 3.05) is 37.9 Å². The van der Waals surface area contributed by atoms with Gasteiger partial charge >= 0.3 is 0 Å². The van der Waals surface area contributed by atoms with Gasteiger partial charge in [0, 0.05) is 38.4 Å². The van der Waals surface area contributed by atoms with Gasteiger partial charge in [-0.3, -0.25) is 4.90 Å². The van der Waals surface area contributed by atoms with Gasteiger partial charge < -0.3 is 14.4 Å². The van der Waals surface area contributed by atoms with Crippen molar-refractivity contribution in [2.24, 2.45) is 0 Å². The number of fused-ring (bicyclic) bond motifs is 1. The molecule has 4 nitrogen and oxygen atoms in total. The van der Waals surface area contributed by atoms with E-state index < -0.39 is 0 Å². The summed E-state index contributed by atoms with van der Waals surface area (Å²) in [7, 11) is 0. The van der Waals surface area contributed by atoms with Crippen molar-refractivity contribution in [2.45, 2.75) is 6.54 Å². The van der Waals surface area contributed by atoms with Crippen LogP contribution in [-0.2, 0) is 6.54 Å². The number of rotatable bonds is 3. The molecule has 1 saturated heterocycles. The smallest absolute Gasteiger partial charge is 0.231 e. The molecule has 0 aromatic heterocycles. The number of hydrogen-bond donors (Lipinski definition) is 0. The molecule has 0 amide bonds. The number of ether oxygens (including phenoxy) is 2. The van der Waals surface area contributed by atoms with E-state index in [1.807, 2.05) is 6.07 Å². The molecule has 4 rings (SSSR count). The number of para-hydroxylation sites is 1. The van der Waals surface area contributed by atoms with Crippen molar-refractivity contribution in [3.05, 3.63) is 54.1 Å². The van der Waals surface area contributed by atoms with Gasteiger partial charge in [0.1, 0.15) is 0 Å². The predicted octanol–water partition coefficient (Wildman–Crippen LogP) is 2.74. The molecule has 2 heterocycles. The molecule has 0 atom stereocenters. The fourth-order valence-electron chi connectivity index (χ4n) is 3.10. The second kappa shape index (κ2) is 5.89. The molecule has 0 N–H and O–H groups in total. The normalized spacial score (nSPS) is 17.7. The number of nitrogens with zero attached hydrogens (tertiary/aromatic N) is 2. The van der Waals surface area contributed by atoms with Crippen LogP contribution in [0.2, 0.25) is 0 Å². The highest BCUT2D eigenvalue weighted by molar-refractivity contribution is 5.46. The molecule has 4 heteroatoms. The van der Waals surface area contributed by atoms with Gasteiger partial charge in [-0.15, -0.1) is 0 Å². The minimum atomic E-state index is 0.342. The summed E-state index contributed by atoms with van der Waals surface area (Å²) in [5.74, 6) is 1.73. The van der Waals surface area contributed by atoms with Crippen LogP contribution in [0.25, 0.3) is 0 Å². The molecule has 2 aliphatic heterocycles. The van der Waals surface area contributed by atoms with Gasteiger partial charge in [-0.25, -0.2) is 0 Å². The maximum absolute atomic E-state index is 5.45. The molecule has 1 fully saturated rings. The summed E-state index contributed by atoms with van der Waals surface area (Å²) >= 11 is 0. The molecule has 0 aliphatic carbocycles. The Morgan fingerprint density at radius 1 is 0.818 bits per heavy atom. The SMILES string of the molecule is c1ccc(N2CCN(Cc3ccc4c(c3)OCO4)CC2)cc1. The van der Waals surface area contributed by atoms with Gasteiger partial charge in [-0.2, -0.15) is 0 Å². The highest BCUT2D eigenvalue weighted by Crippen LogP contribution is 2.32. The fourth-order valence-corrected chi connectivity index (χ4v) is 3.10. The molecule has 0 unspecified atom stereocenters. The zero-order valence-corrected chi connectivity index (χ0v) is 12.6. The molecular formula is C18H20N2O2. The lowest BCUT2D eigenvalue weighted by atomic mass is 10.1. The molecule has 0 spiro atoms. The number of hydrogen-bond acceptors (Lipinski definition) is 4. The van der Waals surface area contributed by atoms with Crippen LogP contribution in [0.3, 0.4) is 0 Å². The largest absolute Gasteiger partial charge is 0.454 e. The maximum Gasteiger partial charge on any atom is 0.231 e. The van der Waals surface area contributed by atoms with Crippen molar-refractivity contribution < 1.29 is 9.47 Å². The summed E-state index contributed by atoms with van der Waals surface area (Å²) < 4.78 is 10.8. The summed E-state index contributed by atoms with van der Waals surface area (Å²) in [6.07, 6.45) is 0. The second-order valence-electron chi connectivity index (χ2n) is 5.79. The lowest BCUT2D eigenvalue weighted by Gasteiger charge is -2.36. The third-order valence-corrected chi connectivity index (χ3v) is 4.34. The molecule has 0 radical (unpaired) electrons. The number of benzene rings is 2. The van der Waals surface area contributed by atoms with Crippen LogP contribution >= 0.6 is 0 Å². The van der Waals surface area contributed by atoms with E-state index >= 15 is 0 Å². The number of anilines is 1. The second-order valence-corrected chi connectivity index (χ2v) is 5.79. The predicted molar refractivity (Wildman–Crippen MR) is 86.5 cm³/mol. The van der Waals surface area contributed by atoms with Gasteiger partial charge in [-0.05, 0) is 29.8 Å². The molecule has 2 aromatic rings. The summed E-state index contributed by atoms with van der Waals surface area (Å²) in [5.41, 5.74) is 2.61. The van der Waals surface area contributed by atoms with Gasteiger partial charge in [0.2, 0.25) is 6.79 Å². The molecule has 22 heavy (non-hydrogen) atoms. The Kier molecular flexibility index (Phi) is 3.60. The Balaban J connectivity index is 1.36. The van der Waals surface area contributed by atoms with Gasteiger partial charge in [0.15, 0.2) is 11.5 Å². The van der Waals surface area contributed by atoms with E-state index in [0.29, 0.717) is 6.79 Å². The first kappa shape index (κ1) is 13.5. The van der Waals surface area contributed by atoms with Crippen LogP contribution in [-0.4, -0.2) is 37.9 Å². The van der Waals surface area contributed by atoms with Crippen LogP contribution in [0.15, 0.2) is 48.5 Å². The Morgan fingerprint density at radius 2 is 1.59 bits per heavy atom. The van der Waals surface area contributed by atoms with Crippen molar-refractivity contribution in [3.8, 4) is 11.5 Å². The summed E-state index contributed by atoms with van der Waals surface area (Å²) in [5, 5.41) is 0. The van der Waals surface area contributed by atoms with E-state index in [2.05, 4.69) is 52.3 Å². The Hall–Kier alpha value is -2.20. The van der Waals surface area contributed by atoms with Gasteiger partial charge in [0.05, 0.1) is 0 Å². The Labute approximate surface area is 130 Å². The Bertz CT molecular complexity index is 637. The summed E-state index contributed by atoms with van der Waals surface area (Å²) in [4.78, 5) is 4.95. The van der Waals surface area contributed by atoms with Crippen LogP contribution in [0, 0.1) is 0 Å². The minimum absolute atomic E-state index is 0.342. The van der Waals surface area contributed by atoms with Gasteiger partial charge in [0.25, 0.3) is 0 Å². The first-order valence-electron chi connectivity index (χ1n) is 7.79. The highest BCUT2D eigenvalue weighted by atomic mass is 16.7. The lowest BCUT2D eigenvalue weighted by Crippen LogP contribution is -2.45. The summed E-state index contributed by atoms with van der Waals surface area (Å²) in [6.45, 7) is 5.64. The van der Waals surface area contributed by atoms with Crippen LogP contribution < -0.4 is 14.4 Å². The quantitative estimate of drug-likeness (QED) is 0.869. The van der Waals surface area contributed by atoms with Crippen molar-refractivity contribution in [3.63, 3.8) is 0 Å². The Morgan fingerprint density at radius 3 is 2.41 bits per heavy atom. The molecular weight excluding hydrogens is 276 g/mol. The van der Waals surface area contributed by atoms with E-state index in [4.69, 9.17) is 9.47 Å². The molecule has 114 valence electrons. The molecule has 0 bridgehead atoms. The standard InChI is InChI=1S/C18H20N2O2/c1-2-4-16(5-3-1)20-10-8-19(9-11-20)13-15-6-7-17-18(12-15)22-14-21-17/h1-7,12H,8-11,13-14H2. The monoisotopic (exact) mass is 296 g/mol. The third kappa shape index (κ3) is 2.74. The van der Waals surface area contributed by atoms with Crippen molar-refractivity contribution in [1.82, 2.24) is 4.90 Å². The molecule has 0 saturated carbocycles. The average Bonchev–Trinajstić information content (AvgIpc) is 3.04. The molecule has 2 aliphatic rings. The third-order valence-electron chi connectivity index (χ3n) is 4.34. The van der Waals surface area contributed by atoms with E-state index in [9.17, 15) is 0 Å². The van der Waals surface area contributed by atoms with Crippen LogP contribution in [0.1, 0.15) is 5.56 Å². The lowest BCUT2D eigenvalue weighted by molar-refractivity contribution is 0.174.